The van der Waals surface area contributed by atoms with Crippen molar-refractivity contribution < 1.29 is 9.53 Å². The van der Waals surface area contributed by atoms with Crippen LogP contribution >= 0.6 is 11.6 Å². The van der Waals surface area contributed by atoms with Gasteiger partial charge in [0.25, 0.3) is 5.24 Å². The minimum Gasteiger partial charge on any atom is -0.484 e. The summed E-state index contributed by atoms with van der Waals surface area (Å²) < 4.78 is 5.52. The molecule has 0 fully saturated rings. The molecular weight excluding hydrogens is 260 g/mol. The molecule has 106 valence electrons. The number of ether oxygens (including phenoxy) is 1. The van der Waals surface area contributed by atoms with E-state index in [1.165, 1.54) is 0 Å². The second kappa shape index (κ2) is 5.96. The Morgan fingerprint density at radius 1 is 1.16 bits per heavy atom. The lowest BCUT2D eigenvalue weighted by molar-refractivity contribution is -0.113. The van der Waals surface area contributed by atoms with E-state index in [9.17, 15) is 4.79 Å². The fraction of sp³-hybridized carbons (Fsp3) is 0.562. The van der Waals surface area contributed by atoms with Gasteiger partial charge in [-0.25, -0.2) is 0 Å². The number of hydrogen-bond donors (Lipinski definition) is 0. The van der Waals surface area contributed by atoms with Crippen LogP contribution in [-0.2, 0) is 10.2 Å². The van der Waals surface area contributed by atoms with E-state index in [-0.39, 0.29) is 17.4 Å². The van der Waals surface area contributed by atoms with Crippen LogP contribution in [0, 0.1) is 5.41 Å². The topological polar surface area (TPSA) is 26.3 Å². The molecule has 0 atom stereocenters. The average Bonchev–Trinajstić information content (AvgIpc) is 2.23. The predicted octanol–water partition coefficient (Wildman–Crippen LogP) is 4.54. The SMILES string of the molecule is CC(C)(C)CC(C)(C)c1ccccc1OCC(=O)Cl. The second-order valence-electron chi connectivity index (χ2n) is 6.76. The summed E-state index contributed by atoms with van der Waals surface area (Å²) in [6.07, 6.45) is 1.02. The lowest BCUT2D eigenvalue weighted by atomic mass is 9.72. The van der Waals surface area contributed by atoms with E-state index in [1.54, 1.807) is 0 Å². The van der Waals surface area contributed by atoms with E-state index in [0.717, 1.165) is 17.7 Å². The maximum absolute atomic E-state index is 10.8. The standard InChI is InChI=1S/C16H23ClO2/c1-15(2,3)11-16(4,5)12-8-6-7-9-13(12)19-10-14(17)18/h6-9H,10-11H2,1-5H3. The molecule has 0 N–H and O–H groups in total. The van der Waals surface area contributed by atoms with Gasteiger partial charge in [0.1, 0.15) is 5.75 Å². The fourth-order valence-electron chi connectivity index (χ4n) is 2.71. The van der Waals surface area contributed by atoms with Crippen LogP contribution in [0.1, 0.15) is 46.6 Å². The van der Waals surface area contributed by atoms with Crippen LogP contribution in [0.15, 0.2) is 24.3 Å². The molecule has 1 rings (SSSR count). The van der Waals surface area contributed by atoms with Crippen molar-refractivity contribution in [1.82, 2.24) is 0 Å². The number of carbonyl (C=O) groups excluding carboxylic acids is 1. The zero-order valence-corrected chi connectivity index (χ0v) is 13.2. The Labute approximate surface area is 121 Å². The van der Waals surface area contributed by atoms with E-state index in [4.69, 9.17) is 16.3 Å². The highest BCUT2D eigenvalue weighted by Gasteiger charge is 2.29. The van der Waals surface area contributed by atoms with Crippen molar-refractivity contribution >= 4 is 16.8 Å². The maximum atomic E-state index is 10.8. The molecule has 0 heterocycles. The first-order valence-electron chi connectivity index (χ1n) is 6.52. The first-order valence-corrected chi connectivity index (χ1v) is 6.90. The van der Waals surface area contributed by atoms with Gasteiger partial charge >= 0.3 is 0 Å². The Hall–Kier alpha value is -1.02. The molecule has 0 radical (unpaired) electrons. The van der Waals surface area contributed by atoms with Gasteiger partial charge in [-0.05, 0) is 40.5 Å². The van der Waals surface area contributed by atoms with Crippen molar-refractivity contribution in [2.24, 2.45) is 5.41 Å². The van der Waals surface area contributed by atoms with Gasteiger partial charge in [0, 0.05) is 0 Å². The van der Waals surface area contributed by atoms with Crippen LogP contribution in [-0.4, -0.2) is 11.8 Å². The zero-order valence-electron chi connectivity index (χ0n) is 12.4. The molecule has 0 bridgehead atoms. The number of hydrogen-bond acceptors (Lipinski definition) is 2. The first kappa shape index (κ1) is 16.0. The number of benzene rings is 1. The van der Waals surface area contributed by atoms with Crippen molar-refractivity contribution in [1.29, 1.82) is 0 Å². The fourth-order valence-corrected chi connectivity index (χ4v) is 2.76. The van der Waals surface area contributed by atoms with Crippen molar-refractivity contribution in [2.45, 2.75) is 46.5 Å². The van der Waals surface area contributed by atoms with Crippen molar-refractivity contribution in [3.05, 3.63) is 29.8 Å². The van der Waals surface area contributed by atoms with Crippen LogP contribution in [0.3, 0.4) is 0 Å². The minimum absolute atomic E-state index is 0.0236. The van der Waals surface area contributed by atoms with Crippen LogP contribution in [0.5, 0.6) is 5.75 Å². The van der Waals surface area contributed by atoms with Gasteiger partial charge < -0.3 is 4.74 Å². The predicted molar refractivity (Wildman–Crippen MR) is 79.9 cm³/mol. The highest BCUT2D eigenvalue weighted by molar-refractivity contribution is 6.63. The van der Waals surface area contributed by atoms with Gasteiger partial charge in [-0.15, -0.1) is 0 Å². The van der Waals surface area contributed by atoms with Gasteiger partial charge in [-0.1, -0.05) is 52.8 Å². The second-order valence-corrected chi connectivity index (χ2v) is 7.18. The average molecular weight is 283 g/mol. The molecule has 0 aromatic heterocycles. The van der Waals surface area contributed by atoms with E-state index in [2.05, 4.69) is 40.7 Å². The van der Waals surface area contributed by atoms with Crippen LogP contribution in [0.4, 0.5) is 0 Å². The molecule has 0 spiro atoms. The van der Waals surface area contributed by atoms with Crippen LogP contribution in [0.2, 0.25) is 0 Å². The quantitative estimate of drug-likeness (QED) is 0.741. The third kappa shape index (κ3) is 5.23. The molecule has 3 heteroatoms. The number of carbonyl (C=O) groups is 1. The van der Waals surface area contributed by atoms with Gasteiger partial charge in [0.05, 0.1) is 0 Å². The molecule has 0 saturated heterocycles. The summed E-state index contributed by atoms with van der Waals surface area (Å²) in [5.74, 6) is 0.741. The smallest absolute Gasteiger partial charge is 0.259 e. The normalized spacial score (nSPS) is 12.3. The summed E-state index contributed by atoms with van der Waals surface area (Å²) >= 11 is 5.34. The van der Waals surface area contributed by atoms with E-state index in [0.29, 0.717) is 0 Å². The monoisotopic (exact) mass is 282 g/mol. The summed E-state index contributed by atoms with van der Waals surface area (Å²) in [6, 6.07) is 7.85. The molecule has 0 aliphatic rings. The molecule has 2 nitrogen and oxygen atoms in total. The molecule has 1 aromatic rings. The van der Waals surface area contributed by atoms with Gasteiger partial charge in [-0.3, -0.25) is 4.79 Å². The largest absolute Gasteiger partial charge is 0.484 e. The van der Waals surface area contributed by atoms with E-state index in [1.807, 2.05) is 18.2 Å². The first-order chi connectivity index (χ1) is 8.62. The number of rotatable bonds is 5. The molecule has 0 aliphatic heterocycles. The number of halogens is 1. The van der Waals surface area contributed by atoms with Gasteiger partial charge in [0.2, 0.25) is 0 Å². The summed E-state index contributed by atoms with van der Waals surface area (Å²) in [7, 11) is 0. The summed E-state index contributed by atoms with van der Waals surface area (Å²) in [5.41, 5.74) is 1.31. The van der Waals surface area contributed by atoms with Crippen LogP contribution < -0.4 is 4.74 Å². The van der Waals surface area contributed by atoms with Crippen LogP contribution in [0.25, 0.3) is 0 Å². The van der Waals surface area contributed by atoms with Gasteiger partial charge in [-0.2, -0.15) is 0 Å². The Balaban J connectivity index is 3.01. The Morgan fingerprint density at radius 3 is 2.26 bits per heavy atom. The van der Waals surface area contributed by atoms with Crippen molar-refractivity contribution in [3.8, 4) is 5.75 Å². The Kier molecular flexibility index (Phi) is 5.03. The lowest BCUT2D eigenvalue weighted by Gasteiger charge is -2.34. The van der Waals surface area contributed by atoms with Crippen molar-refractivity contribution in [3.63, 3.8) is 0 Å². The molecule has 1 aromatic carbocycles. The third-order valence-electron chi connectivity index (χ3n) is 2.93. The highest BCUT2D eigenvalue weighted by Crippen LogP contribution is 2.40. The highest BCUT2D eigenvalue weighted by atomic mass is 35.5. The lowest BCUT2D eigenvalue weighted by Crippen LogP contribution is -2.25. The van der Waals surface area contributed by atoms with Crippen molar-refractivity contribution in [2.75, 3.05) is 6.61 Å². The molecular formula is C16H23ClO2. The summed E-state index contributed by atoms with van der Waals surface area (Å²) in [5, 5.41) is -0.483. The minimum atomic E-state index is -0.483. The molecule has 0 unspecified atom stereocenters. The number of para-hydroxylation sites is 1. The molecule has 0 saturated carbocycles. The molecule has 0 amide bonds. The zero-order chi connectivity index (χ0) is 14.7. The summed E-state index contributed by atoms with van der Waals surface area (Å²) in [4.78, 5) is 10.8. The summed E-state index contributed by atoms with van der Waals surface area (Å²) in [6.45, 7) is 11.0. The molecule has 0 aliphatic carbocycles. The Bertz CT molecular complexity index is 444. The Morgan fingerprint density at radius 2 is 1.74 bits per heavy atom. The third-order valence-corrected chi connectivity index (χ3v) is 3.04. The molecule has 19 heavy (non-hydrogen) atoms. The van der Waals surface area contributed by atoms with E-state index < -0.39 is 5.24 Å². The van der Waals surface area contributed by atoms with Gasteiger partial charge in [0.15, 0.2) is 6.61 Å². The maximum Gasteiger partial charge on any atom is 0.259 e. The van der Waals surface area contributed by atoms with E-state index >= 15 is 0 Å².